The molecule has 2 aliphatic rings. The molecule has 8 rings (SSSR count). The van der Waals surface area contributed by atoms with Crippen molar-refractivity contribution in [2.24, 2.45) is 5.92 Å². The van der Waals surface area contributed by atoms with E-state index in [0.29, 0.717) is 45.1 Å². The Bertz CT molecular complexity index is 2510. The highest BCUT2D eigenvalue weighted by atomic mass is 35.5. The Morgan fingerprint density at radius 2 is 1.05 bits per heavy atom. The second kappa shape index (κ2) is 18.2. The first-order chi connectivity index (χ1) is 29.5. The molecule has 11 heteroatoms. The molecule has 2 saturated carbocycles. The van der Waals surface area contributed by atoms with Gasteiger partial charge in [0, 0.05) is 61.9 Å². The number of benzene rings is 2. The summed E-state index contributed by atoms with van der Waals surface area (Å²) in [5.74, 6) is 1.44. The monoisotopic (exact) mass is 848 g/mol. The third-order valence-corrected chi connectivity index (χ3v) is 11.5. The molecule has 320 valence electrons. The minimum absolute atomic E-state index is 0.0984. The molecule has 4 heterocycles. The first kappa shape index (κ1) is 44.2. The number of rotatable bonds is 11. The van der Waals surface area contributed by atoms with Crippen molar-refractivity contribution in [3.8, 4) is 45.0 Å². The predicted octanol–water partition coefficient (Wildman–Crippen LogP) is 11.6. The number of nitrogens with zero attached hydrogens (tertiary/aromatic N) is 6. The van der Waals surface area contributed by atoms with Crippen molar-refractivity contribution in [2.45, 2.75) is 117 Å². The molecule has 2 N–H and O–H groups in total. The number of pyridine rings is 2. The van der Waals surface area contributed by atoms with E-state index in [2.05, 4.69) is 96.4 Å². The van der Waals surface area contributed by atoms with Crippen molar-refractivity contribution in [3.05, 3.63) is 131 Å². The number of amides is 2. The summed E-state index contributed by atoms with van der Waals surface area (Å²) in [5, 5.41) is 6.94. The van der Waals surface area contributed by atoms with E-state index < -0.39 is 0 Å². The van der Waals surface area contributed by atoms with Crippen LogP contribution in [-0.2, 0) is 0 Å². The van der Waals surface area contributed by atoms with Gasteiger partial charge in [0.1, 0.15) is 12.7 Å². The topological polar surface area (TPSA) is 136 Å². The summed E-state index contributed by atoms with van der Waals surface area (Å²) in [7, 11) is 0. The summed E-state index contributed by atoms with van der Waals surface area (Å²) >= 11 is 6.07. The minimum atomic E-state index is -0.328. The highest BCUT2D eigenvalue weighted by Crippen LogP contribution is 2.41. The SMILES string of the molecule is CC(C)c1ncncc1-c1cc(C(=O)NC(C)(C)C)cc(-c2ccc(C3CC3)cc2)n1.CC(C)c1ncncc1-c1cc(C(=O)NC(C)(C)C2CC2)cc(-c2ccc(Cl)cc2)n1. The van der Waals surface area contributed by atoms with Crippen LogP contribution in [0, 0.1) is 5.92 Å². The lowest BCUT2D eigenvalue weighted by Crippen LogP contribution is -2.45. The van der Waals surface area contributed by atoms with Gasteiger partial charge in [-0.3, -0.25) is 9.59 Å². The molecule has 0 saturated heterocycles. The Labute approximate surface area is 370 Å². The second-order valence-corrected chi connectivity index (χ2v) is 19.2. The number of hydrogen-bond acceptors (Lipinski definition) is 8. The third kappa shape index (κ3) is 10.9. The van der Waals surface area contributed by atoms with Gasteiger partial charge >= 0.3 is 0 Å². The molecule has 0 radical (unpaired) electrons. The largest absolute Gasteiger partial charge is 0.347 e. The molecule has 0 unspecified atom stereocenters. The van der Waals surface area contributed by atoms with Gasteiger partial charge in [0.2, 0.25) is 0 Å². The van der Waals surface area contributed by atoms with Crippen molar-refractivity contribution in [1.82, 2.24) is 40.5 Å². The molecule has 2 aliphatic carbocycles. The minimum Gasteiger partial charge on any atom is -0.347 e. The summed E-state index contributed by atoms with van der Waals surface area (Å²) < 4.78 is 0. The predicted molar refractivity (Wildman–Crippen MR) is 248 cm³/mol. The lowest BCUT2D eigenvalue weighted by Gasteiger charge is -2.26. The van der Waals surface area contributed by atoms with Gasteiger partial charge < -0.3 is 10.6 Å². The molecule has 0 atom stereocenters. The molecule has 4 aromatic heterocycles. The lowest BCUT2D eigenvalue weighted by molar-refractivity contribution is 0.0899. The van der Waals surface area contributed by atoms with Gasteiger partial charge in [0.25, 0.3) is 11.8 Å². The average molecular weight is 850 g/mol. The number of carbonyl (C=O) groups is 2. The van der Waals surface area contributed by atoms with Crippen LogP contribution in [0.2, 0.25) is 5.02 Å². The normalized spacial score (nSPS) is 14.0. The summed E-state index contributed by atoms with van der Waals surface area (Å²) in [5.41, 5.74) is 10.3. The van der Waals surface area contributed by atoms with E-state index in [4.69, 9.17) is 21.6 Å². The van der Waals surface area contributed by atoms with Crippen LogP contribution in [-0.4, -0.2) is 52.8 Å². The van der Waals surface area contributed by atoms with Crippen LogP contribution in [0.25, 0.3) is 45.0 Å². The van der Waals surface area contributed by atoms with Gasteiger partial charge in [-0.05, 0) is 126 Å². The summed E-state index contributed by atoms with van der Waals surface area (Å²) in [4.78, 5) is 53.4. The Balaban J connectivity index is 0.000000186. The smallest absolute Gasteiger partial charge is 0.251 e. The Morgan fingerprint density at radius 3 is 1.47 bits per heavy atom. The number of aromatic nitrogens is 6. The average Bonchev–Trinajstić information content (AvgIpc) is 4.18. The fourth-order valence-electron chi connectivity index (χ4n) is 7.54. The molecular weight excluding hydrogens is 792 g/mol. The van der Waals surface area contributed by atoms with E-state index in [0.717, 1.165) is 52.2 Å². The summed E-state index contributed by atoms with van der Waals surface area (Å²) in [6.45, 7) is 18.5. The zero-order chi connectivity index (χ0) is 44.3. The molecule has 2 fully saturated rings. The van der Waals surface area contributed by atoms with Gasteiger partial charge in [0.05, 0.1) is 34.2 Å². The van der Waals surface area contributed by atoms with Gasteiger partial charge in [-0.1, -0.05) is 75.7 Å². The molecule has 2 amide bonds. The van der Waals surface area contributed by atoms with Crippen molar-refractivity contribution >= 4 is 23.4 Å². The number of halogens is 1. The quantitative estimate of drug-likeness (QED) is 0.132. The highest BCUT2D eigenvalue weighted by molar-refractivity contribution is 6.30. The third-order valence-electron chi connectivity index (χ3n) is 11.2. The van der Waals surface area contributed by atoms with E-state index in [1.807, 2.05) is 69.3 Å². The van der Waals surface area contributed by atoms with Crippen LogP contribution >= 0.6 is 11.6 Å². The Morgan fingerprint density at radius 1 is 0.613 bits per heavy atom. The molecule has 2 aromatic carbocycles. The summed E-state index contributed by atoms with van der Waals surface area (Å²) in [6.07, 6.45) is 11.5. The number of nitrogens with one attached hydrogen (secondary N) is 2. The second-order valence-electron chi connectivity index (χ2n) is 18.8. The number of carbonyl (C=O) groups excluding carboxylic acids is 2. The molecule has 6 aromatic rings. The van der Waals surface area contributed by atoms with E-state index in [1.54, 1.807) is 25.0 Å². The van der Waals surface area contributed by atoms with Crippen LogP contribution in [0.3, 0.4) is 0 Å². The fraction of sp³-hybridized carbons (Fsp3) is 0.373. The molecule has 0 bridgehead atoms. The van der Waals surface area contributed by atoms with Gasteiger partial charge in [-0.2, -0.15) is 0 Å². The first-order valence-electron chi connectivity index (χ1n) is 21.6. The Kier molecular flexibility index (Phi) is 13.0. The van der Waals surface area contributed by atoms with E-state index in [9.17, 15) is 9.59 Å². The van der Waals surface area contributed by atoms with Gasteiger partial charge in [-0.15, -0.1) is 0 Å². The summed E-state index contributed by atoms with van der Waals surface area (Å²) in [6, 6.07) is 23.4. The molecule has 62 heavy (non-hydrogen) atoms. The maximum Gasteiger partial charge on any atom is 0.251 e. The highest BCUT2D eigenvalue weighted by Gasteiger charge is 2.39. The maximum absolute atomic E-state index is 13.2. The van der Waals surface area contributed by atoms with Crippen LogP contribution in [0.4, 0.5) is 0 Å². The van der Waals surface area contributed by atoms with E-state index in [1.165, 1.54) is 18.4 Å². The van der Waals surface area contributed by atoms with E-state index >= 15 is 0 Å². The number of hydrogen-bond donors (Lipinski definition) is 2. The van der Waals surface area contributed by atoms with Crippen molar-refractivity contribution in [3.63, 3.8) is 0 Å². The lowest BCUT2D eigenvalue weighted by atomic mass is 9.97. The molecular formula is C51H57ClN8O2. The standard InChI is InChI=1S/C26H30N4O.C25H27ClN4O/c1-16(2)24-21(14-27-15-28-24)23-13-20(25(31)30-26(3,4)5)12-22(29-23)19-10-8-18(9-11-19)17-6-7-17;1-15(2)23-20(13-27-14-28-23)22-12-17(24(31)30-25(3,4)18-7-8-18)11-21(29-22)16-5-9-19(26)10-6-16/h8-17H,6-7H2,1-5H3,(H,30,31);5-6,9-15,18H,7-8H2,1-4H3,(H,30,31). The van der Waals surface area contributed by atoms with E-state index in [-0.39, 0.29) is 34.7 Å². The van der Waals surface area contributed by atoms with Crippen molar-refractivity contribution in [1.29, 1.82) is 0 Å². The first-order valence-corrected chi connectivity index (χ1v) is 22.0. The van der Waals surface area contributed by atoms with Gasteiger partial charge in [-0.25, -0.2) is 29.9 Å². The van der Waals surface area contributed by atoms with Crippen LogP contribution in [0.5, 0.6) is 0 Å². The fourth-order valence-corrected chi connectivity index (χ4v) is 7.66. The molecule has 0 spiro atoms. The van der Waals surface area contributed by atoms with Gasteiger partial charge in [0.15, 0.2) is 0 Å². The zero-order valence-corrected chi connectivity index (χ0v) is 38.0. The Hall–Kier alpha value is -5.87. The maximum atomic E-state index is 13.2. The van der Waals surface area contributed by atoms with Crippen LogP contribution in [0.15, 0.2) is 97.8 Å². The zero-order valence-electron chi connectivity index (χ0n) is 37.3. The van der Waals surface area contributed by atoms with Crippen LogP contribution < -0.4 is 10.6 Å². The molecule has 10 nitrogen and oxygen atoms in total. The van der Waals surface area contributed by atoms with Crippen molar-refractivity contribution < 1.29 is 9.59 Å². The van der Waals surface area contributed by atoms with Crippen molar-refractivity contribution in [2.75, 3.05) is 0 Å². The van der Waals surface area contributed by atoms with Crippen LogP contribution in [0.1, 0.15) is 143 Å². The molecule has 0 aliphatic heterocycles.